The van der Waals surface area contributed by atoms with E-state index in [2.05, 4.69) is 0 Å². The van der Waals surface area contributed by atoms with Crippen LogP contribution in [0.2, 0.25) is 0 Å². The van der Waals surface area contributed by atoms with Gasteiger partial charge in [0.05, 0.1) is 0 Å². The first-order chi connectivity index (χ1) is 17.0. The van der Waals surface area contributed by atoms with E-state index in [1.165, 1.54) is 0 Å². The Kier molecular flexibility index (Phi) is 10.2. The monoisotopic (exact) mass is 772 g/mol. The summed E-state index contributed by atoms with van der Waals surface area (Å²) < 4.78 is 281. The predicted octanol–water partition coefficient (Wildman–Crippen LogP) is 8.15. The molecule has 0 saturated heterocycles. The molecule has 1 aromatic carbocycles. The zero-order valence-electron chi connectivity index (χ0n) is 17.4. The lowest BCUT2D eigenvalue weighted by Gasteiger charge is -2.42. The zero-order chi connectivity index (χ0) is 33.0. The topological polar surface area (TPSA) is 54.4 Å². The van der Waals surface area contributed by atoms with E-state index >= 15 is 0 Å². The molecular formula is C15H5F20IO3S. The van der Waals surface area contributed by atoms with Crippen LogP contribution >= 0.6 is 22.6 Å². The number of hydrogen-bond acceptors (Lipinski definition) is 2. The van der Waals surface area contributed by atoms with Gasteiger partial charge in [-0.15, -0.1) is 0 Å². The van der Waals surface area contributed by atoms with Crippen LogP contribution in [0.4, 0.5) is 87.8 Å². The highest BCUT2D eigenvalue weighted by Gasteiger charge is 2.95. The summed E-state index contributed by atoms with van der Waals surface area (Å²) in [4.78, 5) is 0. The van der Waals surface area contributed by atoms with Gasteiger partial charge in [-0.2, -0.15) is 96.2 Å². The van der Waals surface area contributed by atoms with Gasteiger partial charge in [-0.05, 0) is 28.7 Å². The minimum absolute atomic E-state index is 0.0749. The Morgan fingerprint density at radius 3 is 1.07 bits per heavy atom. The molecule has 0 bridgehead atoms. The molecule has 0 saturated carbocycles. The van der Waals surface area contributed by atoms with Gasteiger partial charge < -0.3 is 0 Å². The molecule has 0 atom stereocenters. The molecular weight excluding hydrogens is 767 g/mol. The SMILES string of the molecule is FC(F)(F)C(F)(F)C(F)(F)C(F)(F)C(F)(F)C(F)(F)C(F)(F)C(F)(F)c1ccccc1I.O=S(=O)(O)C(F)(F)F. The first kappa shape index (κ1) is 38.5. The number of benzene rings is 1. The molecule has 40 heavy (non-hydrogen) atoms. The van der Waals surface area contributed by atoms with Crippen molar-refractivity contribution in [3.8, 4) is 0 Å². The fraction of sp³-hybridized carbons (Fsp3) is 0.600. The molecule has 0 spiro atoms. The van der Waals surface area contributed by atoms with Crippen molar-refractivity contribution in [2.24, 2.45) is 0 Å². The highest BCUT2D eigenvalue weighted by Crippen LogP contribution is 2.65. The molecule has 25 heteroatoms. The van der Waals surface area contributed by atoms with Crippen LogP contribution in [-0.2, 0) is 16.0 Å². The van der Waals surface area contributed by atoms with Crippen LogP contribution in [0.5, 0.6) is 0 Å². The third-order valence-corrected chi connectivity index (χ3v) is 5.75. The van der Waals surface area contributed by atoms with Gasteiger partial charge in [0.1, 0.15) is 0 Å². The summed E-state index contributed by atoms with van der Waals surface area (Å²) in [6.07, 6.45) is -7.77. The van der Waals surface area contributed by atoms with Gasteiger partial charge >= 0.3 is 63.3 Å². The van der Waals surface area contributed by atoms with Crippen LogP contribution in [0.3, 0.4) is 0 Å². The normalized spacial score (nSPS) is 15.4. The Morgan fingerprint density at radius 1 is 0.525 bits per heavy atom. The maximum absolute atomic E-state index is 14.0. The molecule has 1 N–H and O–H groups in total. The number of hydrogen-bond donors (Lipinski definition) is 1. The number of halogens is 21. The highest BCUT2D eigenvalue weighted by molar-refractivity contribution is 14.1. The second-order valence-electron chi connectivity index (χ2n) is 6.92. The summed E-state index contributed by atoms with van der Waals surface area (Å²) in [5, 5.41) is 0. The number of alkyl halides is 20. The van der Waals surface area contributed by atoms with E-state index in [9.17, 15) is 87.8 Å². The quantitative estimate of drug-likeness (QED) is 0.132. The van der Waals surface area contributed by atoms with Crippen molar-refractivity contribution in [2.75, 3.05) is 0 Å². The van der Waals surface area contributed by atoms with E-state index < -0.39 is 72.4 Å². The van der Waals surface area contributed by atoms with Gasteiger partial charge in [0.25, 0.3) is 0 Å². The van der Waals surface area contributed by atoms with Crippen molar-refractivity contribution in [3.05, 3.63) is 33.4 Å². The molecule has 1 rings (SSSR count). The molecule has 1 aromatic rings. The maximum atomic E-state index is 14.0. The lowest BCUT2D eigenvalue weighted by molar-refractivity contribution is -0.462. The standard InChI is InChI=1S/C14H4F17I.CHF3O3S/c15-7(16,5-3-1-2-4-6(5)32)8(17,18)9(19,20)10(21,22)11(23,24)12(25,26)13(27,28)14(29,30)31;2-1(3,4)8(5,6)7/h1-4H;(H,5,6,7). The van der Waals surface area contributed by atoms with Crippen molar-refractivity contribution in [2.45, 2.75) is 53.1 Å². The molecule has 0 radical (unpaired) electrons. The second kappa shape index (κ2) is 10.6. The highest BCUT2D eigenvalue weighted by atomic mass is 127. The molecule has 0 aliphatic carbocycles. The van der Waals surface area contributed by atoms with Crippen molar-refractivity contribution in [1.82, 2.24) is 0 Å². The van der Waals surface area contributed by atoms with Gasteiger partial charge in [0.2, 0.25) is 0 Å². The third-order valence-electron chi connectivity index (χ3n) is 4.23. The molecule has 0 heterocycles. The van der Waals surface area contributed by atoms with E-state index in [1.54, 1.807) is 0 Å². The fourth-order valence-electron chi connectivity index (χ4n) is 2.05. The predicted molar refractivity (Wildman–Crippen MR) is 96.4 cm³/mol. The van der Waals surface area contributed by atoms with E-state index in [0.717, 1.165) is 28.7 Å². The van der Waals surface area contributed by atoms with Gasteiger partial charge in [-0.25, -0.2) is 0 Å². The Balaban J connectivity index is 0.00000165. The summed E-state index contributed by atoms with van der Waals surface area (Å²) in [5.74, 6) is -56.4. The number of rotatable bonds is 7. The summed E-state index contributed by atoms with van der Waals surface area (Å²) >= 11 is 0.785. The summed E-state index contributed by atoms with van der Waals surface area (Å²) in [7, 11) is -5.84. The smallest absolute Gasteiger partial charge is 0.279 e. The van der Waals surface area contributed by atoms with Gasteiger partial charge in [-0.3, -0.25) is 4.55 Å². The van der Waals surface area contributed by atoms with E-state index in [0.29, 0.717) is 12.1 Å². The summed E-state index contributed by atoms with van der Waals surface area (Å²) in [5.41, 5.74) is -7.73. The maximum Gasteiger partial charge on any atom is 0.522 e. The lowest BCUT2D eigenvalue weighted by Crippen LogP contribution is -2.74. The fourth-order valence-corrected chi connectivity index (χ4v) is 2.77. The van der Waals surface area contributed by atoms with E-state index in [-0.39, 0.29) is 6.07 Å². The van der Waals surface area contributed by atoms with E-state index in [1.807, 2.05) is 0 Å². The Bertz CT molecular complexity index is 1150. The van der Waals surface area contributed by atoms with Crippen LogP contribution < -0.4 is 0 Å². The van der Waals surface area contributed by atoms with Crippen LogP contribution in [0, 0.1) is 3.57 Å². The van der Waals surface area contributed by atoms with E-state index in [4.69, 9.17) is 13.0 Å². The van der Waals surface area contributed by atoms with Crippen LogP contribution in [0.1, 0.15) is 5.56 Å². The summed E-state index contributed by atoms with van der Waals surface area (Å²) in [6, 6.07) is 1.74. The third kappa shape index (κ3) is 5.99. The Labute approximate surface area is 220 Å². The van der Waals surface area contributed by atoms with Gasteiger partial charge in [0.15, 0.2) is 0 Å². The first-order valence-corrected chi connectivity index (χ1v) is 11.0. The second-order valence-corrected chi connectivity index (χ2v) is 9.49. The first-order valence-electron chi connectivity index (χ1n) is 8.52. The minimum atomic E-state index is -8.62. The van der Waals surface area contributed by atoms with Gasteiger partial charge in [-0.1, -0.05) is 18.2 Å². The lowest BCUT2D eigenvalue weighted by atomic mass is 9.87. The molecule has 0 amide bonds. The molecule has 0 fully saturated rings. The molecule has 0 aliphatic rings. The Hall–Kier alpha value is -1.54. The molecule has 236 valence electrons. The van der Waals surface area contributed by atoms with Crippen molar-refractivity contribution >= 4 is 32.7 Å². The summed E-state index contributed by atoms with van der Waals surface area (Å²) in [6.45, 7) is 0. The minimum Gasteiger partial charge on any atom is -0.279 e. The average molecular weight is 772 g/mol. The van der Waals surface area contributed by atoms with Crippen molar-refractivity contribution in [1.29, 1.82) is 0 Å². The molecule has 0 aliphatic heterocycles. The van der Waals surface area contributed by atoms with Crippen LogP contribution in [0.25, 0.3) is 0 Å². The zero-order valence-corrected chi connectivity index (χ0v) is 20.4. The van der Waals surface area contributed by atoms with Crippen molar-refractivity contribution in [3.63, 3.8) is 0 Å². The molecule has 0 unspecified atom stereocenters. The Morgan fingerprint density at radius 2 is 0.800 bits per heavy atom. The molecule has 0 aromatic heterocycles. The van der Waals surface area contributed by atoms with Crippen molar-refractivity contribution < 1.29 is 101 Å². The largest absolute Gasteiger partial charge is 0.522 e. The van der Waals surface area contributed by atoms with Crippen LogP contribution in [0.15, 0.2) is 24.3 Å². The van der Waals surface area contributed by atoms with Crippen LogP contribution in [-0.4, -0.2) is 60.2 Å². The van der Waals surface area contributed by atoms with Gasteiger partial charge in [0, 0.05) is 9.13 Å². The molecule has 3 nitrogen and oxygen atoms in total. The average Bonchev–Trinajstić information content (AvgIpc) is 2.71.